The Labute approximate surface area is 218 Å². The van der Waals surface area contributed by atoms with Crippen molar-refractivity contribution in [3.8, 4) is 0 Å². The number of ether oxygens (including phenoxy) is 1. The minimum Gasteiger partial charge on any atom is -0.376 e. The van der Waals surface area contributed by atoms with Gasteiger partial charge < -0.3 is 15.4 Å². The fourth-order valence-electron chi connectivity index (χ4n) is 3.86. The maximum absolute atomic E-state index is 13.5. The Morgan fingerprint density at radius 3 is 2.36 bits per heavy atom. The molecule has 0 radical (unpaired) electrons. The molecule has 0 bridgehead atoms. The first-order valence-corrected chi connectivity index (χ1v) is 13.7. The summed E-state index contributed by atoms with van der Waals surface area (Å²) in [6.45, 7) is 0.590. The summed E-state index contributed by atoms with van der Waals surface area (Å²) in [6, 6.07) is 21.2. The van der Waals surface area contributed by atoms with Crippen molar-refractivity contribution in [3.63, 3.8) is 0 Å². The van der Waals surface area contributed by atoms with Crippen LogP contribution >= 0.6 is 15.9 Å². The first-order valence-electron chi connectivity index (χ1n) is 11.5. The predicted molar refractivity (Wildman–Crippen MR) is 141 cm³/mol. The Morgan fingerprint density at radius 1 is 0.972 bits per heavy atom. The standard InChI is InChI=1S/C26H26BrN3O5S/c27-19-12-14-20(15-13-19)30(36(33,34)22-8-2-1-3-9-22)18-25(31)29-24-11-5-4-10-23(24)26(32)28-17-21-7-6-16-35-21/h1-5,8-15,21H,6-7,16-18H2,(H,28,32)(H,29,31)/t21-/m0/s1. The summed E-state index contributed by atoms with van der Waals surface area (Å²) in [7, 11) is -4.03. The molecular weight excluding hydrogens is 546 g/mol. The van der Waals surface area contributed by atoms with Crippen LogP contribution in [0.3, 0.4) is 0 Å². The normalized spacial score (nSPS) is 15.3. The molecule has 3 aromatic rings. The van der Waals surface area contributed by atoms with Crippen LogP contribution in [0, 0.1) is 0 Å². The molecule has 10 heteroatoms. The minimum absolute atomic E-state index is 0.0154. The fraction of sp³-hybridized carbons (Fsp3) is 0.231. The average molecular weight is 572 g/mol. The van der Waals surface area contributed by atoms with Gasteiger partial charge in [-0.3, -0.25) is 13.9 Å². The third kappa shape index (κ3) is 6.31. The van der Waals surface area contributed by atoms with Crippen LogP contribution in [0.4, 0.5) is 11.4 Å². The summed E-state index contributed by atoms with van der Waals surface area (Å²) in [4.78, 5) is 26.0. The molecule has 1 aliphatic heterocycles. The van der Waals surface area contributed by atoms with Gasteiger partial charge in [-0.25, -0.2) is 8.42 Å². The van der Waals surface area contributed by atoms with Gasteiger partial charge in [0.1, 0.15) is 6.54 Å². The van der Waals surface area contributed by atoms with Crippen molar-refractivity contribution in [3.05, 3.63) is 88.9 Å². The quantitative estimate of drug-likeness (QED) is 0.400. The molecule has 4 rings (SSSR count). The summed E-state index contributed by atoms with van der Waals surface area (Å²) in [6.07, 6.45) is 1.84. The smallest absolute Gasteiger partial charge is 0.264 e. The number of sulfonamides is 1. The number of carbonyl (C=O) groups is 2. The predicted octanol–water partition coefficient (Wildman–Crippen LogP) is 4.19. The van der Waals surface area contributed by atoms with E-state index in [0.717, 1.165) is 21.6 Å². The molecule has 0 unspecified atom stereocenters. The van der Waals surface area contributed by atoms with E-state index in [1.165, 1.54) is 12.1 Å². The van der Waals surface area contributed by atoms with Gasteiger partial charge in [0.05, 0.1) is 27.9 Å². The maximum Gasteiger partial charge on any atom is 0.264 e. The van der Waals surface area contributed by atoms with E-state index < -0.39 is 22.5 Å². The van der Waals surface area contributed by atoms with E-state index in [9.17, 15) is 18.0 Å². The van der Waals surface area contributed by atoms with Crippen molar-refractivity contribution < 1.29 is 22.7 Å². The highest BCUT2D eigenvalue weighted by Crippen LogP contribution is 2.26. The lowest BCUT2D eigenvalue weighted by Gasteiger charge is -2.24. The molecule has 8 nitrogen and oxygen atoms in total. The van der Waals surface area contributed by atoms with Crippen molar-refractivity contribution in [2.45, 2.75) is 23.8 Å². The number of halogens is 1. The van der Waals surface area contributed by atoms with Crippen LogP contribution in [-0.4, -0.2) is 46.0 Å². The zero-order valence-corrected chi connectivity index (χ0v) is 21.8. The number of anilines is 2. The van der Waals surface area contributed by atoms with E-state index in [4.69, 9.17) is 4.74 Å². The molecule has 36 heavy (non-hydrogen) atoms. The highest BCUT2D eigenvalue weighted by Gasteiger charge is 2.27. The summed E-state index contributed by atoms with van der Waals surface area (Å²) in [5.41, 5.74) is 0.907. The number of rotatable bonds is 9. The number of amides is 2. The first-order chi connectivity index (χ1) is 17.3. The second-order valence-electron chi connectivity index (χ2n) is 8.24. The van der Waals surface area contributed by atoms with Gasteiger partial charge in [-0.15, -0.1) is 0 Å². The van der Waals surface area contributed by atoms with Crippen molar-refractivity contribution in [1.29, 1.82) is 0 Å². The summed E-state index contributed by atoms with van der Waals surface area (Å²) < 4.78 is 34.3. The third-order valence-corrected chi connectivity index (χ3v) is 8.01. The highest BCUT2D eigenvalue weighted by molar-refractivity contribution is 9.10. The maximum atomic E-state index is 13.5. The van der Waals surface area contributed by atoms with Gasteiger partial charge in [0, 0.05) is 17.6 Å². The Kier molecular flexibility index (Phi) is 8.40. The Hall–Kier alpha value is -3.21. The second kappa shape index (κ2) is 11.7. The van der Waals surface area contributed by atoms with E-state index in [2.05, 4.69) is 26.6 Å². The number of hydrogen-bond donors (Lipinski definition) is 2. The number of nitrogens with zero attached hydrogens (tertiary/aromatic N) is 1. The summed E-state index contributed by atoms with van der Waals surface area (Å²) in [5, 5.41) is 5.55. The van der Waals surface area contributed by atoms with Gasteiger partial charge in [-0.2, -0.15) is 0 Å². The molecule has 188 valence electrons. The first kappa shape index (κ1) is 25.9. The van der Waals surface area contributed by atoms with E-state index >= 15 is 0 Å². The molecule has 0 aliphatic carbocycles. The van der Waals surface area contributed by atoms with Crippen LogP contribution in [-0.2, 0) is 19.6 Å². The number of carbonyl (C=O) groups excluding carboxylic acids is 2. The third-order valence-electron chi connectivity index (χ3n) is 5.69. The molecule has 0 aromatic heterocycles. The zero-order chi connectivity index (χ0) is 25.5. The highest BCUT2D eigenvalue weighted by atomic mass is 79.9. The van der Waals surface area contributed by atoms with Crippen LogP contribution in [0.25, 0.3) is 0 Å². The lowest BCUT2D eigenvalue weighted by Crippen LogP contribution is -2.38. The molecule has 1 heterocycles. The van der Waals surface area contributed by atoms with Crippen LogP contribution < -0.4 is 14.9 Å². The molecule has 1 saturated heterocycles. The molecule has 1 fully saturated rings. The van der Waals surface area contributed by atoms with Gasteiger partial charge in [-0.1, -0.05) is 46.3 Å². The van der Waals surface area contributed by atoms with E-state index in [1.807, 2.05) is 0 Å². The topological polar surface area (TPSA) is 105 Å². The van der Waals surface area contributed by atoms with E-state index in [0.29, 0.717) is 24.5 Å². The Balaban J connectivity index is 1.54. The van der Waals surface area contributed by atoms with Gasteiger partial charge in [0.2, 0.25) is 5.91 Å². The van der Waals surface area contributed by atoms with Crippen molar-refractivity contribution in [2.24, 2.45) is 0 Å². The lowest BCUT2D eigenvalue weighted by atomic mass is 10.1. The molecule has 1 atom stereocenters. The number of hydrogen-bond acceptors (Lipinski definition) is 5. The van der Waals surface area contributed by atoms with Gasteiger partial charge >= 0.3 is 0 Å². The Bertz CT molecular complexity index is 1310. The number of benzene rings is 3. The zero-order valence-electron chi connectivity index (χ0n) is 19.4. The van der Waals surface area contributed by atoms with Gasteiger partial charge in [0.25, 0.3) is 15.9 Å². The minimum atomic E-state index is -4.03. The van der Waals surface area contributed by atoms with Crippen LogP contribution in [0.2, 0.25) is 0 Å². The molecule has 0 saturated carbocycles. The molecule has 2 amide bonds. The molecule has 1 aliphatic rings. The van der Waals surface area contributed by atoms with Gasteiger partial charge in [-0.05, 0) is 61.4 Å². The van der Waals surface area contributed by atoms with E-state index in [1.54, 1.807) is 66.7 Å². The lowest BCUT2D eigenvalue weighted by molar-refractivity contribution is -0.114. The number of para-hydroxylation sites is 1. The SMILES string of the molecule is O=C(CN(c1ccc(Br)cc1)S(=O)(=O)c1ccccc1)Nc1ccccc1C(=O)NC[C@@H]1CCCO1. The molecular formula is C26H26BrN3O5S. The summed E-state index contributed by atoms with van der Waals surface area (Å²) >= 11 is 3.35. The largest absolute Gasteiger partial charge is 0.376 e. The van der Waals surface area contributed by atoms with Crippen molar-refractivity contribution in [2.75, 3.05) is 29.3 Å². The van der Waals surface area contributed by atoms with Crippen molar-refractivity contribution >= 4 is 49.1 Å². The average Bonchev–Trinajstić information content (AvgIpc) is 3.41. The van der Waals surface area contributed by atoms with Crippen molar-refractivity contribution in [1.82, 2.24) is 5.32 Å². The fourth-order valence-corrected chi connectivity index (χ4v) is 5.57. The van der Waals surface area contributed by atoms with Crippen LogP contribution in [0.1, 0.15) is 23.2 Å². The van der Waals surface area contributed by atoms with Crippen LogP contribution in [0.5, 0.6) is 0 Å². The van der Waals surface area contributed by atoms with Gasteiger partial charge in [0.15, 0.2) is 0 Å². The molecule has 3 aromatic carbocycles. The van der Waals surface area contributed by atoms with Crippen LogP contribution in [0.15, 0.2) is 88.2 Å². The Morgan fingerprint density at radius 2 is 1.67 bits per heavy atom. The second-order valence-corrected chi connectivity index (χ2v) is 11.0. The molecule has 0 spiro atoms. The molecule has 2 N–H and O–H groups in total. The monoisotopic (exact) mass is 571 g/mol. The van der Waals surface area contributed by atoms with E-state index in [-0.39, 0.29) is 22.5 Å². The number of nitrogens with one attached hydrogen (secondary N) is 2. The summed E-state index contributed by atoms with van der Waals surface area (Å²) in [5.74, 6) is -0.931.